The Balaban J connectivity index is 1.15. The van der Waals surface area contributed by atoms with Crippen molar-refractivity contribution in [1.82, 2.24) is 9.97 Å². The van der Waals surface area contributed by atoms with Crippen LogP contribution in [-0.4, -0.2) is 15.9 Å². The summed E-state index contributed by atoms with van der Waals surface area (Å²) in [5.41, 5.74) is 5.63. The van der Waals surface area contributed by atoms with Crippen LogP contribution in [0.2, 0.25) is 5.02 Å². The molecule has 0 saturated heterocycles. The smallest absolute Gasteiger partial charge is 0.224 e. The second kappa shape index (κ2) is 11.0. The third-order valence-electron chi connectivity index (χ3n) is 6.67. The quantitative estimate of drug-likeness (QED) is 0.206. The van der Waals surface area contributed by atoms with E-state index in [2.05, 4.69) is 22.4 Å². The number of benzene rings is 4. The highest BCUT2D eigenvalue weighted by atomic mass is 35.5. The average molecular weight is 532 g/mol. The standard InChI is InChI=1S/C33H26ClN3O2/c34-23-14-20-30-28(21-23)27(33(37-30)31-19-13-22-7-4-5-11-29(22)36-31)10-6-12-32(38)35-24-15-17-26(18-16-24)39-25-8-2-1-3-9-25/h1-5,7-9,11,13-21,37H,6,10,12H2,(H,35,38). The molecule has 192 valence electrons. The Kier molecular flexibility index (Phi) is 6.98. The van der Waals surface area contributed by atoms with E-state index in [0.29, 0.717) is 30.0 Å². The number of para-hydroxylation sites is 2. The molecule has 0 radical (unpaired) electrons. The lowest BCUT2D eigenvalue weighted by Crippen LogP contribution is -2.11. The molecule has 4 aromatic carbocycles. The monoisotopic (exact) mass is 531 g/mol. The number of hydrogen-bond acceptors (Lipinski definition) is 3. The number of anilines is 1. The number of nitrogens with one attached hydrogen (secondary N) is 2. The van der Waals surface area contributed by atoms with Gasteiger partial charge < -0.3 is 15.0 Å². The van der Waals surface area contributed by atoms with Gasteiger partial charge in [-0.05, 0) is 85.1 Å². The van der Waals surface area contributed by atoms with Crippen LogP contribution in [0.15, 0.2) is 109 Å². The fraction of sp³-hybridized carbons (Fsp3) is 0.0909. The van der Waals surface area contributed by atoms with Crippen LogP contribution in [0, 0.1) is 0 Å². The first-order valence-electron chi connectivity index (χ1n) is 12.9. The van der Waals surface area contributed by atoms with Gasteiger partial charge in [0.1, 0.15) is 11.5 Å². The molecular weight excluding hydrogens is 506 g/mol. The third kappa shape index (κ3) is 5.64. The van der Waals surface area contributed by atoms with Crippen molar-refractivity contribution in [3.8, 4) is 22.9 Å². The van der Waals surface area contributed by atoms with Crippen LogP contribution in [0.4, 0.5) is 5.69 Å². The van der Waals surface area contributed by atoms with Crippen molar-refractivity contribution in [2.75, 3.05) is 5.32 Å². The van der Waals surface area contributed by atoms with Gasteiger partial charge >= 0.3 is 0 Å². The van der Waals surface area contributed by atoms with E-state index in [-0.39, 0.29) is 5.91 Å². The number of hydrogen-bond donors (Lipinski definition) is 2. The fourth-order valence-corrected chi connectivity index (χ4v) is 4.96. The number of ether oxygens (including phenoxy) is 1. The van der Waals surface area contributed by atoms with Crippen LogP contribution in [0.3, 0.4) is 0 Å². The van der Waals surface area contributed by atoms with Crippen molar-refractivity contribution in [2.24, 2.45) is 0 Å². The number of nitrogens with zero attached hydrogens (tertiary/aromatic N) is 1. The lowest BCUT2D eigenvalue weighted by atomic mass is 10.0. The maximum atomic E-state index is 12.8. The minimum absolute atomic E-state index is 0.0324. The number of aryl methyl sites for hydroxylation is 1. The maximum Gasteiger partial charge on any atom is 0.224 e. The van der Waals surface area contributed by atoms with Crippen molar-refractivity contribution in [3.05, 3.63) is 120 Å². The summed E-state index contributed by atoms with van der Waals surface area (Å²) in [6, 6.07) is 35.0. The molecule has 6 aromatic rings. The first-order chi connectivity index (χ1) is 19.1. The summed E-state index contributed by atoms with van der Waals surface area (Å²) in [7, 11) is 0. The van der Waals surface area contributed by atoms with Crippen LogP contribution >= 0.6 is 11.6 Å². The predicted molar refractivity (Wildman–Crippen MR) is 159 cm³/mol. The second-order valence-electron chi connectivity index (χ2n) is 9.40. The van der Waals surface area contributed by atoms with Gasteiger partial charge in [-0.3, -0.25) is 4.79 Å². The molecule has 1 amide bonds. The number of carbonyl (C=O) groups excluding carboxylic acids is 1. The highest BCUT2D eigenvalue weighted by Crippen LogP contribution is 2.33. The Hall–Kier alpha value is -4.61. The van der Waals surface area contributed by atoms with E-state index in [1.807, 2.05) is 97.1 Å². The molecule has 0 atom stereocenters. The van der Waals surface area contributed by atoms with E-state index in [1.54, 1.807) is 0 Å². The fourth-order valence-electron chi connectivity index (χ4n) is 4.78. The van der Waals surface area contributed by atoms with Crippen LogP contribution in [0.5, 0.6) is 11.5 Å². The number of aromatic amines is 1. The first kappa shape index (κ1) is 24.7. The number of pyridine rings is 1. The minimum atomic E-state index is -0.0324. The van der Waals surface area contributed by atoms with Crippen molar-refractivity contribution >= 4 is 45.0 Å². The topological polar surface area (TPSA) is 67.0 Å². The summed E-state index contributed by atoms with van der Waals surface area (Å²) >= 11 is 6.35. The van der Waals surface area contributed by atoms with Crippen molar-refractivity contribution in [1.29, 1.82) is 0 Å². The SMILES string of the molecule is O=C(CCCc1c(-c2ccc3ccccc3n2)[nH]c2ccc(Cl)cc12)Nc1ccc(Oc2ccccc2)cc1. The van der Waals surface area contributed by atoms with E-state index < -0.39 is 0 Å². The number of carbonyl (C=O) groups is 1. The highest BCUT2D eigenvalue weighted by molar-refractivity contribution is 6.31. The highest BCUT2D eigenvalue weighted by Gasteiger charge is 2.16. The van der Waals surface area contributed by atoms with Gasteiger partial charge in [-0.2, -0.15) is 0 Å². The van der Waals surface area contributed by atoms with Crippen LogP contribution in [0.25, 0.3) is 33.2 Å². The van der Waals surface area contributed by atoms with E-state index >= 15 is 0 Å². The Labute approximate surface area is 231 Å². The third-order valence-corrected chi connectivity index (χ3v) is 6.91. The minimum Gasteiger partial charge on any atom is -0.457 e. The number of halogens is 1. The number of rotatable bonds is 8. The maximum absolute atomic E-state index is 12.8. The predicted octanol–water partition coefficient (Wildman–Crippen LogP) is 8.79. The summed E-state index contributed by atoms with van der Waals surface area (Å²) in [5.74, 6) is 1.45. The van der Waals surface area contributed by atoms with E-state index in [9.17, 15) is 4.79 Å². The zero-order chi connectivity index (χ0) is 26.6. The molecule has 6 rings (SSSR count). The Morgan fingerprint density at radius 2 is 1.62 bits per heavy atom. The summed E-state index contributed by atoms with van der Waals surface area (Å²) in [6.07, 6.45) is 1.78. The second-order valence-corrected chi connectivity index (χ2v) is 9.84. The Bertz CT molecular complexity index is 1760. The largest absolute Gasteiger partial charge is 0.457 e. The molecule has 2 N–H and O–H groups in total. The molecule has 2 aromatic heterocycles. The van der Waals surface area contributed by atoms with Gasteiger partial charge in [-0.15, -0.1) is 0 Å². The zero-order valence-electron chi connectivity index (χ0n) is 21.2. The summed E-state index contributed by atoms with van der Waals surface area (Å²) in [4.78, 5) is 21.2. The number of H-pyrrole nitrogens is 1. The molecular formula is C33H26ClN3O2. The average Bonchev–Trinajstić information content (AvgIpc) is 3.32. The molecule has 0 unspecified atom stereocenters. The molecule has 6 heteroatoms. The molecule has 0 fully saturated rings. The van der Waals surface area contributed by atoms with E-state index in [4.69, 9.17) is 21.3 Å². The van der Waals surface area contributed by atoms with Crippen molar-refractivity contribution in [3.63, 3.8) is 0 Å². The van der Waals surface area contributed by atoms with Gasteiger partial charge in [0.25, 0.3) is 0 Å². The van der Waals surface area contributed by atoms with Gasteiger partial charge in [0.2, 0.25) is 5.91 Å². The Morgan fingerprint density at radius 3 is 2.46 bits per heavy atom. The zero-order valence-corrected chi connectivity index (χ0v) is 21.9. The molecule has 0 saturated carbocycles. The van der Waals surface area contributed by atoms with Gasteiger partial charge in [0.15, 0.2) is 0 Å². The summed E-state index contributed by atoms with van der Waals surface area (Å²) < 4.78 is 5.83. The number of aromatic nitrogens is 2. The lowest BCUT2D eigenvalue weighted by molar-refractivity contribution is -0.116. The first-order valence-corrected chi connectivity index (χ1v) is 13.3. The van der Waals surface area contributed by atoms with Crippen LogP contribution in [-0.2, 0) is 11.2 Å². The summed E-state index contributed by atoms with van der Waals surface area (Å²) in [5, 5.41) is 5.82. The molecule has 0 spiro atoms. The summed E-state index contributed by atoms with van der Waals surface area (Å²) in [6.45, 7) is 0. The van der Waals surface area contributed by atoms with Crippen molar-refractivity contribution < 1.29 is 9.53 Å². The molecule has 0 aliphatic carbocycles. The molecule has 0 aliphatic rings. The molecule has 2 heterocycles. The van der Waals surface area contributed by atoms with Gasteiger partial charge in [0, 0.05) is 33.4 Å². The van der Waals surface area contributed by atoms with Gasteiger partial charge in [0.05, 0.1) is 16.9 Å². The van der Waals surface area contributed by atoms with Crippen LogP contribution < -0.4 is 10.1 Å². The van der Waals surface area contributed by atoms with E-state index in [1.165, 1.54) is 0 Å². The van der Waals surface area contributed by atoms with Crippen LogP contribution in [0.1, 0.15) is 18.4 Å². The van der Waals surface area contributed by atoms with Crippen molar-refractivity contribution in [2.45, 2.75) is 19.3 Å². The van der Waals surface area contributed by atoms with Gasteiger partial charge in [-0.1, -0.05) is 54.1 Å². The van der Waals surface area contributed by atoms with E-state index in [0.717, 1.165) is 50.2 Å². The molecule has 39 heavy (non-hydrogen) atoms. The number of amides is 1. The Morgan fingerprint density at radius 1 is 0.846 bits per heavy atom. The molecule has 0 aliphatic heterocycles. The molecule has 5 nitrogen and oxygen atoms in total. The lowest BCUT2D eigenvalue weighted by Gasteiger charge is -2.09. The van der Waals surface area contributed by atoms with Gasteiger partial charge in [-0.25, -0.2) is 4.98 Å². The normalized spacial score (nSPS) is 11.1. The number of fused-ring (bicyclic) bond motifs is 2. The molecule has 0 bridgehead atoms.